The Morgan fingerprint density at radius 3 is 0.660 bits per heavy atom. The van der Waals surface area contributed by atoms with Crippen molar-refractivity contribution >= 4 is 17.0 Å². The molecular weight excluding hydrogens is 776 g/mol. The van der Waals surface area contributed by atoms with E-state index in [-0.39, 0.29) is 39.5 Å². The highest BCUT2D eigenvalue weighted by Crippen LogP contribution is 2.27. The summed E-state index contributed by atoms with van der Waals surface area (Å²) in [6.45, 7) is 22.1. The average molecular weight is 883 g/mol. The summed E-state index contributed by atoms with van der Waals surface area (Å²) in [6, 6.07) is 0. The van der Waals surface area contributed by atoms with Crippen LogP contribution in [0.5, 0.6) is 0 Å². The third-order valence-corrected chi connectivity index (χ3v) is 12.0. The first-order valence-corrected chi connectivity index (χ1v) is 24.6. The highest BCUT2D eigenvalue weighted by molar-refractivity contribution is 8.93. The maximum absolute atomic E-state index is 6.92. The van der Waals surface area contributed by atoms with E-state index in [1.54, 1.807) is 0 Å². The lowest BCUT2D eigenvalue weighted by Crippen LogP contribution is -3.00. The Bertz CT molecular complexity index is 533. The van der Waals surface area contributed by atoms with Crippen molar-refractivity contribution in [3.05, 3.63) is 0 Å². The molecule has 0 amide bonds. The zero-order chi connectivity index (χ0) is 38.0. The van der Waals surface area contributed by atoms with Crippen LogP contribution in [0.15, 0.2) is 0 Å². The fourth-order valence-electron chi connectivity index (χ4n) is 8.31. The monoisotopic (exact) mass is 881 g/mol. The van der Waals surface area contributed by atoms with Gasteiger partial charge in [0.25, 0.3) is 0 Å². The maximum Gasteiger partial charge on any atom is 0.0786 e. The van der Waals surface area contributed by atoms with Crippen molar-refractivity contribution in [1.29, 1.82) is 0 Å². The first-order valence-electron chi connectivity index (χ1n) is 24.6. The Morgan fingerprint density at radius 1 is 0.283 bits per heavy atom. The van der Waals surface area contributed by atoms with Crippen molar-refractivity contribution in [3.8, 4) is 0 Å². The second-order valence-corrected chi connectivity index (χ2v) is 17.4. The number of nitrogens with two attached hydrogens (primary N) is 1. The van der Waals surface area contributed by atoms with Crippen LogP contribution in [0.4, 0.5) is 0 Å². The highest BCUT2D eigenvalue weighted by atomic mass is 79.9. The molecule has 0 bridgehead atoms. The molecule has 53 heavy (non-hydrogen) atoms. The van der Waals surface area contributed by atoms with E-state index in [9.17, 15) is 0 Å². The molecule has 2 nitrogen and oxygen atoms in total. The van der Waals surface area contributed by atoms with E-state index in [0.717, 1.165) is 0 Å². The fourth-order valence-corrected chi connectivity index (χ4v) is 8.31. The van der Waals surface area contributed by atoms with Crippen molar-refractivity contribution < 1.29 is 21.5 Å². The van der Waals surface area contributed by atoms with Gasteiger partial charge in [-0.05, 0) is 70.6 Å². The van der Waals surface area contributed by atoms with Gasteiger partial charge in [-0.25, -0.2) is 0 Å². The molecule has 0 unspecified atom stereocenters. The van der Waals surface area contributed by atoms with E-state index >= 15 is 0 Å². The third kappa shape index (κ3) is 43.8. The van der Waals surface area contributed by atoms with Gasteiger partial charge in [-0.1, -0.05) is 215 Å². The predicted molar refractivity (Wildman–Crippen MR) is 248 cm³/mol. The lowest BCUT2D eigenvalue weighted by atomic mass is 9.82. The molecule has 0 rings (SSSR count). The largest absolute Gasteiger partial charge is 1.00 e. The summed E-state index contributed by atoms with van der Waals surface area (Å²) in [6.07, 6.45) is 51.6. The molecule has 0 aliphatic carbocycles. The van der Waals surface area contributed by atoms with Gasteiger partial charge in [0.1, 0.15) is 0 Å². The lowest BCUT2D eigenvalue weighted by molar-refractivity contribution is -0.929. The third-order valence-electron chi connectivity index (χ3n) is 12.0. The molecule has 0 saturated carbocycles. The van der Waals surface area contributed by atoms with Crippen molar-refractivity contribution in [3.63, 3.8) is 0 Å². The number of quaternary nitrogens is 1. The standard InChI is InChI=1S/C25H53N.C24H52N.2BrH/c1-4-7-10-13-16-19-22-25(26,23-20-17-14-11-8-5-2)24-21-18-15-12-9-6-3;1-5-9-13-17-21-25(22-18-14-10-6-2,23-19-15-11-7-3)24-20-16-12-8-4;;/h4-24,26H2,1-3H3;5-24H2,1-4H3;2*1H/q;+1;;/p-1. The minimum atomic E-state index is 0. The minimum Gasteiger partial charge on any atom is -1.00 e. The van der Waals surface area contributed by atoms with Gasteiger partial charge >= 0.3 is 0 Å². The SMILES string of the molecule is Br.CCCCCCCCC(N)(CCCCCCCC)CCCCCCCC.CCCCCC[N+](CCCCCC)(CCCCCC)CCCCCC.[Br-]. The van der Waals surface area contributed by atoms with Gasteiger partial charge in [0.05, 0.1) is 26.2 Å². The second kappa shape index (κ2) is 49.0. The Balaban J connectivity index is -0.000000437. The molecule has 2 N–H and O–H groups in total. The molecule has 0 aliphatic heterocycles. The number of nitrogens with zero attached hydrogens (tertiary/aromatic N) is 1. The zero-order valence-corrected chi connectivity index (χ0v) is 41.6. The van der Waals surface area contributed by atoms with Crippen LogP contribution >= 0.6 is 17.0 Å². The predicted octanol–water partition coefficient (Wildman–Crippen LogP) is 14.6. The smallest absolute Gasteiger partial charge is 0.0786 e. The van der Waals surface area contributed by atoms with Crippen molar-refractivity contribution in [2.45, 2.75) is 292 Å². The van der Waals surface area contributed by atoms with E-state index < -0.39 is 0 Å². The van der Waals surface area contributed by atoms with Crippen LogP contribution in [0.1, 0.15) is 286 Å². The number of unbranched alkanes of at least 4 members (excludes halogenated alkanes) is 27. The quantitative estimate of drug-likeness (QED) is 0.0480. The summed E-state index contributed by atoms with van der Waals surface area (Å²) in [5, 5.41) is 0. The van der Waals surface area contributed by atoms with E-state index in [1.807, 2.05) is 0 Å². The molecule has 0 atom stereocenters. The molecule has 326 valence electrons. The van der Waals surface area contributed by atoms with Gasteiger partial charge in [-0.3, -0.25) is 0 Å². The van der Waals surface area contributed by atoms with Crippen LogP contribution in [-0.2, 0) is 0 Å². The van der Waals surface area contributed by atoms with Gasteiger partial charge < -0.3 is 27.2 Å². The molecule has 0 radical (unpaired) electrons. The number of rotatable bonds is 41. The fraction of sp³-hybridized carbons (Fsp3) is 1.00. The average Bonchev–Trinajstić information content (AvgIpc) is 3.13. The molecule has 0 aliphatic rings. The van der Waals surface area contributed by atoms with Crippen LogP contribution < -0.4 is 22.7 Å². The van der Waals surface area contributed by atoms with E-state index in [0.29, 0.717) is 0 Å². The summed E-state index contributed by atoms with van der Waals surface area (Å²) >= 11 is 0. The van der Waals surface area contributed by atoms with Crippen LogP contribution in [0.2, 0.25) is 0 Å². The molecule has 4 heteroatoms. The van der Waals surface area contributed by atoms with Gasteiger partial charge in [0.2, 0.25) is 0 Å². The second-order valence-electron chi connectivity index (χ2n) is 17.4. The molecule has 0 fully saturated rings. The first kappa shape index (κ1) is 60.6. The Morgan fingerprint density at radius 2 is 0.453 bits per heavy atom. The summed E-state index contributed by atoms with van der Waals surface area (Å²) in [5.41, 5.74) is 7.06. The Labute approximate surface area is 360 Å². The number of hydrogen-bond donors (Lipinski definition) is 1. The van der Waals surface area contributed by atoms with E-state index in [4.69, 9.17) is 5.73 Å². The zero-order valence-electron chi connectivity index (χ0n) is 38.3. The highest BCUT2D eigenvalue weighted by Gasteiger charge is 2.26. The minimum absolute atomic E-state index is 0. The molecular formula is C49H106Br2N2. The molecule has 0 aromatic carbocycles. The van der Waals surface area contributed by atoms with Crippen LogP contribution in [0, 0.1) is 0 Å². The molecule has 0 spiro atoms. The van der Waals surface area contributed by atoms with Gasteiger partial charge in [-0.2, -0.15) is 0 Å². The number of halogens is 2. The van der Waals surface area contributed by atoms with Crippen LogP contribution in [-0.4, -0.2) is 36.2 Å². The summed E-state index contributed by atoms with van der Waals surface area (Å²) in [4.78, 5) is 0. The topological polar surface area (TPSA) is 26.0 Å². The van der Waals surface area contributed by atoms with Gasteiger partial charge in [0.15, 0.2) is 0 Å². The van der Waals surface area contributed by atoms with E-state index in [2.05, 4.69) is 48.5 Å². The normalized spacial score (nSPS) is 11.5. The first-order chi connectivity index (χ1) is 24.9. The van der Waals surface area contributed by atoms with E-state index in [1.165, 1.54) is 268 Å². The molecule has 0 aromatic rings. The van der Waals surface area contributed by atoms with Crippen molar-refractivity contribution in [1.82, 2.24) is 0 Å². The maximum atomic E-state index is 6.92. The Kier molecular flexibility index (Phi) is 56.0. The van der Waals surface area contributed by atoms with Crippen LogP contribution in [0.25, 0.3) is 0 Å². The summed E-state index contributed by atoms with van der Waals surface area (Å²) in [7, 11) is 0. The van der Waals surface area contributed by atoms with Crippen molar-refractivity contribution in [2.75, 3.05) is 26.2 Å². The van der Waals surface area contributed by atoms with Crippen LogP contribution in [0.3, 0.4) is 0 Å². The number of hydrogen-bond acceptors (Lipinski definition) is 1. The lowest BCUT2D eigenvalue weighted by Gasteiger charge is -2.39. The van der Waals surface area contributed by atoms with Crippen molar-refractivity contribution in [2.24, 2.45) is 5.73 Å². The van der Waals surface area contributed by atoms with Gasteiger partial charge in [0, 0.05) is 5.54 Å². The molecule has 0 heterocycles. The summed E-state index contributed by atoms with van der Waals surface area (Å²) in [5.74, 6) is 0. The molecule has 0 saturated heterocycles. The molecule has 0 aromatic heterocycles. The summed E-state index contributed by atoms with van der Waals surface area (Å²) < 4.78 is 1.46. The Hall–Kier alpha value is 0.880. The van der Waals surface area contributed by atoms with Gasteiger partial charge in [-0.15, -0.1) is 17.0 Å².